The van der Waals surface area contributed by atoms with Gasteiger partial charge in [0, 0.05) is 10.0 Å². The Bertz CT molecular complexity index is 1080. The molecule has 0 fully saturated rings. The van der Waals surface area contributed by atoms with E-state index >= 15 is 0 Å². The normalized spacial score (nSPS) is 12.5. The Hall–Kier alpha value is -3.32. The van der Waals surface area contributed by atoms with Crippen LogP contribution in [-0.2, 0) is 17.8 Å². The molecule has 31 heavy (non-hydrogen) atoms. The zero-order valence-corrected chi connectivity index (χ0v) is 18.3. The summed E-state index contributed by atoms with van der Waals surface area (Å²) in [6.45, 7) is 1.49. The Balaban J connectivity index is 1.33. The first-order valence-electron chi connectivity index (χ1n) is 9.84. The van der Waals surface area contributed by atoms with Gasteiger partial charge in [-0.1, -0.05) is 46.3 Å². The zero-order valence-electron chi connectivity index (χ0n) is 16.7. The standard InChI is InChI=1S/C24H21BrN2O4/c25-20-8-5-17(6-9-20)16-31-21-4-2-1-3-19(21)15-26-27-24(28)14-18-7-10-22-23(13-18)30-12-11-29-22/h1-10,13,15H,11-12,14,16H2,(H,27,28)/b26-15+. The molecule has 1 heterocycles. The van der Waals surface area contributed by atoms with E-state index in [2.05, 4.69) is 26.5 Å². The predicted octanol–water partition coefficient (Wildman–Crippen LogP) is 4.49. The monoisotopic (exact) mass is 480 g/mol. The van der Waals surface area contributed by atoms with E-state index in [0.717, 1.165) is 21.2 Å². The van der Waals surface area contributed by atoms with Gasteiger partial charge in [-0.2, -0.15) is 5.10 Å². The number of para-hydroxylation sites is 1. The van der Waals surface area contributed by atoms with Crippen LogP contribution in [0.1, 0.15) is 16.7 Å². The highest BCUT2D eigenvalue weighted by Gasteiger charge is 2.13. The summed E-state index contributed by atoms with van der Waals surface area (Å²) in [5.74, 6) is 1.83. The van der Waals surface area contributed by atoms with Gasteiger partial charge >= 0.3 is 0 Å². The van der Waals surface area contributed by atoms with E-state index in [1.54, 1.807) is 6.21 Å². The van der Waals surface area contributed by atoms with Gasteiger partial charge < -0.3 is 14.2 Å². The summed E-state index contributed by atoms with van der Waals surface area (Å²) in [4.78, 5) is 12.3. The molecule has 158 valence electrons. The third-order valence-electron chi connectivity index (χ3n) is 4.59. The van der Waals surface area contributed by atoms with Crippen LogP contribution < -0.4 is 19.6 Å². The first-order valence-corrected chi connectivity index (χ1v) is 10.6. The third-order valence-corrected chi connectivity index (χ3v) is 5.12. The molecule has 6 nitrogen and oxygen atoms in total. The molecule has 0 bridgehead atoms. The second kappa shape index (κ2) is 10.1. The van der Waals surface area contributed by atoms with Crippen molar-refractivity contribution in [2.45, 2.75) is 13.0 Å². The molecule has 0 saturated carbocycles. The number of ether oxygens (including phenoxy) is 3. The smallest absolute Gasteiger partial charge is 0.244 e. The second-order valence-electron chi connectivity index (χ2n) is 6.90. The number of halogens is 1. The first-order chi connectivity index (χ1) is 15.2. The van der Waals surface area contributed by atoms with Crippen molar-refractivity contribution in [3.63, 3.8) is 0 Å². The summed E-state index contributed by atoms with van der Waals surface area (Å²) in [5.41, 5.74) is 5.23. The van der Waals surface area contributed by atoms with Crippen LogP contribution in [0.2, 0.25) is 0 Å². The lowest BCUT2D eigenvalue weighted by molar-refractivity contribution is -0.120. The summed E-state index contributed by atoms with van der Waals surface area (Å²) in [6, 6.07) is 21.0. The molecule has 0 radical (unpaired) electrons. The van der Waals surface area contributed by atoms with Crippen molar-refractivity contribution in [1.29, 1.82) is 0 Å². The Morgan fingerprint density at radius 3 is 2.58 bits per heavy atom. The fourth-order valence-corrected chi connectivity index (χ4v) is 3.32. The van der Waals surface area contributed by atoms with E-state index in [4.69, 9.17) is 14.2 Å². The molecule has 7 heteroatoms. The number of rotatable bonds is 7. The highest BCUT2D eigenvalue weighted by Crippen LogP contribution is 2.30. The lowest BCUT2D eigenvalue weighted by atomic mass is 10.1. The van der Waals surface area contributed by atoms with Crippen molar-refractivity contribution in [3.05, 3.63) is 87.9 Å². The summed E-state index contributed by atoms with van der Waals surface area (Å²) in [6.07, 6.45) is 1.77. The number of fused-ring (bicyclic) bond motifs is 1. The molecule has 3 aromatic carbocycles. The number of hydrazone groups is 1. The highest BCUT2D eigenvalue weighted by molar-refractivity contribution is 9.10. The molecule has 1 amide bonds. The van der Waals surface area contributed by atoms with Gasteiger partial charge in [-0.15, -0.1) is 0 Å². The van der Waals surface area contributed by atoms with Crippen LogP contribution in [0.15, 0.2) is 76.3 Å². The van der Waals surface area contributed by atoms with Gasteiger partial charge in [0.15, 0.2) is 11.5 Å². The minimum Gasteiger partial charge on any atom is -0.488 e. The molecule has 1 N–H and O–H groups in total. The Morgan fingerprint density at radius 1 is 1.00 bits per heavy atom. The fraction of sp³-hybridized carbons (Fsp3) is 0.167. The van der Waals surface area contributed by atoms with Gasteiger partial charge in [0.05, 0.1) is 12.6 Å². The maximum absolute atomic E-state index is 12.3. The Labute approximate surface area is 189 Å². The van der Waals surface area contributed by atoms with Crippen LogP contribution >= 0.6 is 15.9 Å². The Morgan fingerprint density at radius 2 is 1.74 bits per heavy atom. The van der Waals surface area contributed by atoms with Crippen molar-refractivity contribution >= 4 is 28.1 Å². The van der Waals surface area contributed by atoms with E-state index in [0.29, 0.717) is 37.1 Å². The summed E-state index contributed by atoms with van der Waals surface area (Å²) >= 11 is 3.43. The molecule has 0 unspecified atom stereocenters. The molecule has 1 aliphatic rings. The largest absolute Gasteiger partial charge is 0.488 e. The van der Waals surface area contributed by atoms with Crippen molar-refractivity contribution in [2.24, 2.45) is 5.10 Å². The molecular formula is C24H21BrN2O4. The molecule has 1 aliphatic heterocycles. The van der Waals surface area contributed by atoms with E-state index in [1.807, 2.05) is 66.7 Å². The second-order valence-corrected chi connectivity index (χ2v) is 7.82. The van der Waals surface area contributed by atoms with E-state index in [9.17, 15) is 4.79 Å². The van der Waals surface area contributed by atoms with Gasteiger partial charge in [0.1, 0.15) is 25.6 Å². The maximum Gasteiger partial charge on any atom is 0.244 e. The van der Waals surface area contributed by atoms with Crippen molar-refractivity contribution < 1.29 is 19.0 Å². The Kier molecular flexibility index (Phi) is 6.84. The van der Waals surface area contributed by atoms with Gasteiger partial charge in [-0.05, 0) is 47.5 Å². The molecular weight excluding hydrogens is 460 g/mol. The van der Waals surface area contributed by atoms with Crippen LogP contribution in [-0.4, -0.2) is 25.3 Å². The third kappa shape index (κ3) is 5.86. The van der Waals surface area contributed by atoms with Crippen LogP contribution in [0.5, 0.6) is 17.2 Å². The number of nitrogens with one attached hydrogen (secondary N) is 1. The van der Waals surface area contributed by atoms with Crippen LogP contribution in [0.4, 0.5) is 0 Å². The average molecular weight is 481 g/mol. The number of hydrogen-bond acceptors (Lipinski definition) is 5. The van der Waals surface area contributed by atoms with E-state index < -0.39 is 0 Å². The molecule has 0 spiro atoms. The molecule has 0 saturated heterocycles. The van der Waals surface area contributed by atoms with Gasteiger partial charge in [0.25, 0.3) is 0 Å². The molecule has 3 aromatic rings. The molecule has 0 atom stereocenters. The summed E-state index contributed by atoms with van der Waals surface area (Å²) < 4.78 is 18.0. The number of benzene rings is 3. The summed E-state index contributed by atoms with van der Waals surface area (Å²) in [7, 11) is 0. The minimum atomic E-state index is -0.221. The predicted molar refractivity (Wildman–Crippen MR) is 122 cm³/mol. The van der Waals surface area contributed by atoms with Gasteiger partial charge in [-0.3, -0.25) is 4.79 Å². The van der Waals surface area contributed by atoms with E-state index in [-0.39, 0.29) is 12.3 Å². The quantitative estimate of drug-likeness (QED) is 0.399. The van der Waals surface area contributed by atoms with Crippen LogP contribution in [0.25, 0.3) is 0 Å². The first kappa shape index (κ1) is 20.9. The topological polar surface area (TPSA) is 69.2 Å². The van der Waals surface area contributed by atoms with Crippen LogP contribution in [0.3, 0.4) is 0 Å². The summed E-state index contributed by atoms with van der Waals surface area (Å²) in [5, 5.41) is 4.09. The number of amides is 1. The molecule has 4 rings (SSSR count). The average Bonchev–Trinajstić information content (AvgIpc) is 2.79. The SMILES string of the molecule is O=C(Cc1ccc2c(c1)OCCO2)N/N=C/c1ccccc1OCc1ccc(Br)cc1. The lowest BCUT2D eigenvalue weighted by Crippen LogP contribution is -2.20. The van der Waals surface area contributed by atoms with Crippen molar-refractivity contribution in [2.75, 3.05) is 13.2 Å². The van der Waals surface area contributed by atoms with Crippen LogP contribution in [0, 0.1) is 0 Å². The van der Waals surface area contributed by atoms with Crippen molar-refractivity contribution in [1.82, 2.24) is 5.43 Å². The fourth-order valence-electron chi connectivity index (χ4n) is 3.06. The van der Waals surface area contributed by atoms with E-state index in [1.165, 1.54) is 0 Å². The maximum atomic E-state index is 12.3. The van der Waals surface area contributed by atoms with Gasteiger partial charge in [0.2, 0.25) is 5.91 Å². The highest BCUT2D eigenvalue weighted by atomic mass is 79.9. The minimum absolute atomic E-state index is 0.190. The number of hydrogen-bond donors (Lipinski definition) is 1. The molecule has 0 aliphatic carbocycles. The van der Waals surface area contributed by atoms with Gasteiger partial charge in [-0.25, -0.2) is 5.43 Å². The zero-order chi connectivity index (χ0) is 21.5. The number of carbonyl (C=O) groups is 1. The van der Waals surface area contributed by atoms with Crippen molar-refractivity contribution in [3.8, 4) is 17.2 Å². The number of carbonyl (C=O) groups excluding carboxylic acids is 1. The number of nitrogens with zero attached hydrogens (tertiary/aromatic N) is 1. The lowest BCUT2D eigenvalue weighted by Gasteiger charge is -2.18. The molecule has 0 aromatic heterocycles.